The minimum absolute atomic E-state index is 0.103. The largest absolute Gasteiger partial charge is 0.337 e. The standard InChI is InChI=1S/C12H18FN3O/c1-16(2)12(17)15-8-7-14-9-10-3-5-11(13)6-4-10/h3-6,14H,7-9H2,1-2H3,(H,15,17). The average Bonchev–Trinajstić information content (AvgIpc) is 2.30. The van der Waals surface area contributed by atoms with E-state index in [1.165, 1.54) is 17.0 Å². The van der Waals surface area contributed by atoms with Crippen molar-refractivity contribution >= 4 is 6.03 Å². The smallest absolute Gasteiger partial charge is 0.316 e. The first-order valence-electron chi connectivity index (χ1n) is 5.50. The average molecular weight is 239 g/mol. The summed E-state index contributed by atoms with van der Waals surface area (Å²) in [6.45, 7) is 1.91. The lowest BCUT2D eigenvalue weighted by Gasteiger charge is -2.12. The Balaban J connectivity index is 2.12. The summed E-state index contributed by atoms with van der Waals surface area (Å²) in [7, 11) is 3.39. The minimum Gasteiger partial charge on any atom is -0.337 e. The second-order valence-electron chi connectivity index (χ2n) is 3.93. The third kappa shape index (κ3) is 5.31. The van der Waals surface area contributed by atoms with Crippen LogP contribution in [-0.2, 0) is 6.54 Å². The first-order chi connectivity index (χ1) is 8.09. The molecule has 4 nitrogen and oxygen atoms in total. The van der Waals surface area contributed by atoms with Crippen LogP contribution in [-0.4, -0.2) is 38.1 Å². The van der Waals surface area contributed by atoms with Gasteiger partial charge in [0.25, 0.3) is 0 Å². The van der Waals surface area contributed by atoms with E-state index in [0.29, 0.717) is 19.6 Å². The normalized spacial score (nSPS) is 10.1. The van der Waals surface area contributed by atoms with Crippen LogP contribution in [0.4, 0.5) is 9.18 Å². The van der Waals surface area contributed by atoms with Gasteiger partial charge in [-0.3, -0.25) is 0 Å². The molecule has 5 heteroatoms. The van der Waals surface area contributed by atoms with Gasteiger partial charge < -0.3 is 15.5 Å². The maximum Gasteiger partial charge on any atom is 0.316 e. The molecule has 0 aliphatic heterocycles. The van der Waals surface area contributed by atoms with Crippen molar-refractivity contribution in [1.82, 2.24) is 15.5 Å². The van der Waals surface area contributed by atoms with Gasteiger partial charge in [0.15, 0.2) is 0 Å². The van der Waals surface area contributed by atoms with Crippen molar-refractivity contribution in [3.05, 3.63) is 35.6 Å². The molecule has 0 heterocycles. The molecule has 0 bridgehead atoms. The van der Waals surface area contributed by atoms with E-state index in [2.05, 4.69) is 10.6 Å². The Hall–Kier alpha value is -1.62. The fraction of sp³-hybridized carbons (Fsp3) is 0.417. The Morgan fingerprint density at radius 3 is 2.47 bits per heavy atom. The predicted molar refractivity (Wildman–Crippen MR) is 65.2 cm³/mol. The maximum absolute atomic E-state index is 12.6. The van der Waals surface area contributed by atoms with Crippen LogP contribution in [0.3, 0.4) is 0 Å². The molecule has 0 unspecified atom stereocenters. The summed E-state index contributed by atoms with van der Waals surface area (Å²) in [5.74, 6) is -0.230. The third-order valence-electron chi connectivity index (χ3n) is 2.23. The number of rotatable bonds is 5. The number of halogens is 1. The van der Waals surface area contributed by atoms with Crippen molar-refractivity contribution in [1.29, 1.82) is 0 Å². The zero-order valence-electron chi connectivity index (χ0n) is 10.2. The first-order valence-corrected chi connectivity index (χ1v) is 5.50. The zero-order valence-corrected chi connectivity index (χ0v) is 10.2. The maximum atomic E-state index is 12.6. The van der Waals surface area contributed by atoms with Gasteiger partial charge in [0, 0.05) is 33.7 Å². The number of urea groups is 1. The quantitative estimate of drug-likeness (QED) is 0.758. The zero-order chi connectivity index (χ0) is 12.7. The molecule has 0 spiro atoms. The van der Waals surface area contributed by atoms with E-state index in [1.54, 1.807) is 26.2 Å². The summed E-state index contributed by atoms with van der Waals surface area (Å²) in [6, 6.07) is 6.24. The van der Waals surface area contributed by atoms with Crippen LogP contribution in [0, 0.1) is 5.82 Å². The van der Waals surface area contributed by atoms with E-state index < -0.39 is 0 Å². The summed E-state index contributed by atoms with van der Waals surface area (Å²) >= 11 is 0. The van der Waals surface area contributed by atoms with Crippen molar-refractivity contribution in [2.75, 3.05) is 27.2 Å². The fourth-order valence-corrected chi connectivity index (χ4v) is 1.25. The highest BCUT2D eigenvalue weighted by Crippen LogP contribution is 2.01. The number of carbonyl (C=O) groups excluding carboxylic acids is 1. The molecule has 0 aromatic heterocycles. The lowest BCUT2D eigenvalue weighted by molar-refractivity contribution is 0.217. The molecule has 1 aromatic rings. The molecule has 17 heavy (non-hydrogen) atoms. The lowest BCUT2D eigenvalue weighted by atomic mass is 10.2. The van der Waals surface area contributed by atoms with Crippen LogP contribution >= 0.6 is 0 Å². The predicted octanol–water partition coefficient (Wildman–Crippen LogP) is 1.19. The van der Waals surface area contributed by atoms with Crippen molar-refractivity contribution in [2.45, 2.75) is 6.54 Å². The van der Waals surface area contributed by atoms with Gasteiger partial charge in [-0.2, -0.15) is 0 Å². The number of amides is 2. The van der Waals surface area contributed by atoms with Gasteiger partial charge in [-0.25, -0.2) is 9.18 Å². The van der Waals surface area contributed by atoms with Gasteiger partial charge in [-0.05, 0) is 17.7 Å². The molecule has 0 radical (unpaired) electrons. The van der Waals surface area contributed by atoms with E-state index >= 15 is 0 Å². The molecule has 0 saturated heterocycles. The number of benzene rings is 1. The lowest BCUT2D eigenvalue weighted by Crippen LogP contribution is -2.38. The van der Waals surface area contributed by atoms with E-state index in [4.69, 9.17) is 0 Å². The number of hydrogen-bond donors (Lipinski definition) is 2. The van der Waals surface area contributed by atoms with Crippen molar-refractivity contribution < 1.29 is 9.18 Å². The van der Waals surface area contributed by atoms with Gasteiger partial charge >= 0.3 is 6.03 Å². The molecule has 1 aromatic carbocycles. The highest BCUT2D eigenvalue weighted by Gasteiger charge is 2.00. The van der Waals surface area contributed by atoms with Crippen molar-refractivity contribution in [2.24, 2.45) is 0 Å². The Bertz CT molecular complexity index is 351. The van der Waals surface area contributed by atoms with Crippen LogP contribution in [0.1, 0.15) is 5.56 Å². The third-order valence-corrected chi connectivity index (χ3v) is 2.23. The Morgan fingerprint density at radius 2 is 1.88 bits per heavy atom. The van der Waals surface area contributed by atoms with Gasteiger partial charge in [0.2, 0.25) is 0 Å². The summed E-state index contributed by atoms with van der Waals surface area (Å²) in [5, 5.41) is 5.90. The van der Waals surface area contributed by atoms with Crippen LogP contribution in [0.5, 0.6) is 0 Å². The fourth-order valence-electron chi connectivity index (χ4n) is 1.25. The summed E-state index contributed by atoms with van der Waals surface area (Å²) in [6.07, 6.45) is 0. The molecular weight excluding hydrogens is 221 g/mol. The Morgan fingerprint density at radius 1 is 1.24 bits per heavy atom. The van der Waals surface area contributed by atoms with Crippen LogP contribution in [0.25, 0.3) is 0 Å². The van der Waals surface area contributed by atoms with E-state index in [-0.39, 0.29) is 11.8 Å². The van der Waals surface area contributed by atoms with Gasteiger partial charge in [-0.1, -0.05) is 12.1 Å². The molecule has 0 saturated carbocycles. The molecule has 0 aliphatic rings. The molecule has 1 rings (SSSR count). The number of nitrogens with zero attached hydrogens (tertiary/aromatic N) is 1. The highest BCUT2D eigenvalue weighted by molar-refractivity contribution is 5.73. The number of carbonyl (C=O) groups is 1. The summed E-state index contributed by atoms with van der Waals surface area (Å²) in [5.41, 5.74) is 1.02. The highest BCUT2D eigenvalue weighted by atomic mass is 19.1. The first kappa shape index (κ1) is 13.4. The van der Waals surface area contributed by atoms with Crippen LogP contribution < -0.4 is 10.6 Å². The van der Waals surface area contributed by atoms with Gasteiger partial charge in [-0.15, -0.1) is 0 Å². The topological polar surface area (TPSA) is 44.4 Å². The van der Waals surface area contributed by atoms with Gasteiger partial charge in [0.1, 0.15) is 5.82 Å². The van der Waals surface area contributed by atoms with E-state index in [0.717, 1.165) is 5.56 Å². The van der Waals surface area contributed by atoms with Gasteiger partial charge in [0.05, 0.1) is 0 Å². The second kappa shape index (κ2) is 6.85. The minimum atomic E-state index is -0.230. The Kier molecular flexibility index (Phi) is 5.42. The monoisotopic (exact) mass is 239 g/mol. The molecule has 0 aliphatic carbocycles. The van der Waals surface area contributed by atoms with Crippen LogP contribution in [0.15, 0.2) is 24.3 Å². The Labute approximate surface area is 101 Å². The van der Waals surface area contributed by atoms with Crippen LogP contribution in [0.2, 0.25) is 0 Å². The van der Waals surface area contributed by atoms with Crippen molar-refractivity contribution in [3.63, 3.8) is 0 Å². The molecular formula is C12H18FN3O. The molecule has 0 atom stereocenters. The number of hydrogen-bond acceptors (Lipinski definition) is 2. The number of nitrogens with one attached hydrogen (secondary N) is 2. The van der Waals surface area contributed by atoms with E-state index in [1.807, 2.05) is 0 Å². The van der Waals surface area contributed by atoms with E-state index in [9.17, 15) is 9.18 Å². The molecule has 0 fully saturated rings. The summed E-state index contributed by atoms with van der Waals surface area (Å²) in [4.78, 5) is 12.6. The summed E-state index contributed by atoms with van der Waals surface area (Å²) < 4.78 is 12.6. The second-order valence-corrected chi connectivity index (χ2v) is 3.93. The van der Waals surface area contributed by atoms with Crippen molar-refractivity contribution in [3.8, 4) is 0 Å². The molecule has 94 valence electrons. The SMILES string of the molecule is CN(C)C(=O)NCCNCc1ccc(F)cc1. The molecule has 2 amide bonds. The molecule has 2 N–H and O–H groups in total.